The van der Waals surface area contributed by atoms with Crippen LogP contribution in [0.2, 0.25) is 0 Å². The first-order chi connectivity index (χ1) is 6.79. The highest BCUT2D eigenvalue weighted by atomic mass is 32.2. The molecule has 0 aliphatic carbocycles. The molecule has 1 heterocycles. The normalized spacial score (nSPS) is 26.4. The minimum atomic E-state index is 0.466. The molecule has 2 atom stereocenters. The van der Waals surface area contributed by atoms with Gasteiger partial charge in [0.05, 0.1) is 0 Å². The molecular weight excluding hydrogens is 194 g/mol. The van der Waals surface area contributed by atoms with Gasteiger partial charge >= 0.3 is 0 Å². The summed E-state index contributed by atoms with van der Waals surface area (Å²) in [6, 6.07) is 1.08. The Bertz CT molecular complexity index is 154. The van der Waals surface area contributed by atoms with E-state index in [2.05, 4.69) is 24.3 Å². The van der Waals surface area contributed by atoms with Gasteiger partial charge in [-0.15, -0.1) is 0 Å². The van der Waals surface area contributed by atoms with Crippen molar-refractivity contribution in [2.24, 2.45) is 5.84 Å². The average Bonchev–Trinajstić information content (AvgIpc) is 2.21. The van der Waals surface area contributed by atoms with Gasteiger partial charge in [0.25, 0.3) is 0 Å². The first kappa shape index (κ1) is 12.3. The van der Waals surface area contributed by atoms with Gasteiger partial charge in [0.1, 0.15) is 0 Å². The van der Waals surface area contributed by atoms with Gasteiger partial charge in [-0.3, -0.25) is 11.3 Å². The minimum Gasteiger partial charge on any atom is -0.300 e. The number of rotatable bonds is 5. The van der Waals surface area contributed by atoms with Crippen LogP contribution in [0.1, 0.15) is 26.2 Å². The van der Waals surface area contributed by atoms with Crippen molar-refractivity contribution in [1.82, 2.24) is 10.3 Å². The zero-order valence-electron chi connectivity index (χ0n) is 9.33. The van der Waals surface area contributed by atoms with Crippen molar-refractivity contribution in [3.05, 3.63) is 0 Å². The van der Waals surface area contributed by atoms with Crippen LogP contribution in [0.15, 0.2) is 0 Å². The van der Waals surface area contributed by atoms with Crippen molar-refractivity contribution >= 4 is 11.8 Å². The van der Waals surface area contributed by atoms with Crippen LogP contribution in [0, 0.1) is 0 Å². The standard InChI is InChI=1S/C10H23N3S/c1-3-4-5-9(12-11)10-8-14-7-6-13(10)2/h9-10,12H,3-8,11H2,1-2H3. The third kappa shape index (κ3) is 3.42. The summed E-state index contributed by atoms with van der Waals surface area (Å²) in [5.74, 6) is 8.10. The Kier molecular flexibility index (Phi) is 5.86. The maximum absolute atomic E-state index is 5.62. The van der Waals surface area contributed by atoms with Crippen LogP contribution < -0.4 is 11.3 Å². The second-order valence-corrected chi connectivity index (χ2v) is 5.19. The van der Waals surface area contributed by atoms with Crippen LogP contribution in [0.25, 0.3) is 0 Å². The molecule has 0 aromatic rings. The highest BCUT2D eigenvalue weighted by molar-refractivity contribution is 7.99. The highest BCUT2D eigenvalue weighted by Crippen LogP contribution is 2.19. The van der Waals surface area contributed by atoms with Gasteiger partial charge in [0.15, 0.2) is 0 Å². The van der Waals surface area contributed by atoms with E-state index >= 15 is 0 Å². The molecule has 0 bridgehead atoms. The number of unbranched alkanes of at least 4 members (excludes halogenated alkanes) is 1. The zero-order valence-corrected chi connectivity index (χ0v) is 10.1. The van der Waals surface area contributed by atoms with Crippen LogP contribution in [0.3, 0.4) is 0 Å². The van der Waals surface area contributed by atoms with Crippen LogP contribution in [-0.4, -0.2) is 42.1 Å². The summed E-state index contributed by atoms with van der Waals surface area (Å²) in [6.07, 6.45) is 3.72. The molecule has 84 valence electrons. The summed E-state index contributed by atoms with van der Waals surface area (Å²) in [4.78, 5) is 2.44. The molecule has 0 aromatic carbocycles. The predicted octanol–water partition coefficient (Wildman–Crippen LogP) is 1.06. The molecule has 0 radical (unpaired) electrons. The van der Waals surface area contributed by atoms with Crippen molar-refractivity contribution in [1.29, 1.82) is 0 Å². The molecule has 1 aliphatic heterocycles. The van der Waals surface area contributed by atoms with E-state index in [0.717, 1.165) is 0 Å². The molecular formula is C10H23N3S. The number of likely N-dealkylation sites (N-methyl/N-ethyl adjacent to an activating group) is 1. The Balaban J connectivity index is 2.40. The fraction of sp³-hybridized carbons (Fsp3) is 1.00. The van der Waals surface area contributed by atoms with Crippen LogP contribution >= 0.6 is 11.8 Å². The number of nitrogens with one attached hydrogen (secondary N) is 1. The number of nitrogens with zero attached hydrogens (tertiary/aromatic N) is 1. The maximum Gasteiger partial charge on any atom is 0.0374 e. The summed E-state index contributed by atoms with van der Waals surface area (Å²) in [7, 11) is 2.21. The second-order valence-electron chi connectivity index (χ2n) is 4.04. The SMILES string of the molecule is CCCCC(NN)C1CSCCN1C. The number of hydrazine groups is 1. The van der Waals surface area contributed by atoms with Crippen LogP contribution in [0.5, 0.6) is 0 Å². The van der Waals surface area contributed by atoms with E-state index in [1.54, 1.807) is 0 Å². The molecule has 1 aliphatic rings. The molecule has 1 rings (SSSR count). The lowest BCUT2D eigenvalue weighted by molar-refractivity contribution is 0.207. The lowest BCUT2D eigenvalue weighted by Crippen LogP contribution is -2.54. The smallest absolute Gasteiger partial charge is 0.0374 e. The molecule has 3 N–H and O–H groups in total. The average molecular weight is 217 g/mol. The molecule has 1 saturated heterocycles. The molecule has 0 amide bonds. The lowest BCUT2D eigenvalue weighted by Gasteiger charge is -2.37. The van der Waals surface area contributed by atoms with Crippen molar-refractivity contribution < 1.29 is 0 Å². The molecule has 3 nitrogen and oxygen atoms in total. The van der Waals surface area contributed by atoms with Crippen molar-refractivity contribution in [3.63, 3.8) is 0 Å². The Morgan fingerprint density at radius 2 is 2.43 bits per heavy atom. The van der Waals surface area contributed by atoms with E-state index in [1.807, 2.05) is 11.8 Å². The van der Waals surface area contributed by atoms with Crippen molar-refractivity contribution in [3.8, 4) is 0 Å². The molecule has 1 fully saturated rings. The zero-order chi connectivity index (χ0) is 10.4. The number of thioether (sulfide) groups is 1. The Morgan fingerprint density at radius 1 is 1.64 bits per heavy atom. The van der Waals surface area contributed by atoms with Gasteiger partial charge < -0.3 is 4.90 Å². The molecule has 4 heteroatoms. The van der Waals surface area contributed by atoms with Crippen molar-refractivity contribution in [2.75, 3.05) is 25.1 Å². The first-order valence-corrected chi connectivity index (χ1v) is 6.69. The molecule has 2 unspecified atom stereocenters. The quantitative estimate of drug-likeness (QED) is 0.534. The Morgan fingerprint density at radius 3 is 3.00 bits per heavy atom. The number of nitrogens with two attached hydrogens (primary N) is 1. The van der Waals surface area contributed by atoms with E-state index in [4.69, 9.17) is 5.84 Å². The van der Waals surface area contributed by atoms with E-state index < -0.39 is 0 Å². The summed E-state index contributed by atoms with van der Waals surface area (Å²) >= 11 is 2.05. The molecule has 0 spiro atoms. The highest BCUT2D eigenvalue weighted by Gasteiger charge is 2.26. The van der Waals surface area contributed by atoms with Crippen LogP contribution in [0.4, 0.5) is 0 Å². The lowest BCUT2D eigenvalue weighted by atomic mass is 10.0. The van der Waals surface area contributed by atoms with Gasteiger partial charge in [-0.25, -0.2) is 0 Å². The topological polar surface area (TPSA) is 41.3 Å². The van der Waals surface area contributed by atoms with Crippen LogP contribution in [-0.2, 0) is 0 Å². The fourth-order valence-corrected chi connectivity index (χ4v) is 3.25. The number of hydrogen-bond acceptors (Lipinski definition) is 4. The Labute approximate surface area is 91.8 Å². The second kappa shape index (κ2) is 6.67. The van der Waals surface area contributed by atoms with E-state index in [-0.39, 0.29) is 0 Å². The van der Waals surface area contributed by atoms with E-state index in [9.17, 15) is 0 Å². The fourth-order valence-electron chi connectivity index (χ4n) is 1.94. The predicted molar refractivity (Wildman–Crippen MR) is 64.4 cm³/mol. The van der Waals surface area contributed by atoms with Gasteiger partial charge in [-0.2, -0.15) is 11.8 Å². The minimum absolute atomic E-state index is 0.466. The number of hydrogen-bond donors (Lipinski definition) is 2. The molecule has 14 heavy (non-hydrogen) atoms. The van der Waals surface area contributed by atoms with Gasteiger partial charge in [0, 0.05) is 30.1 Å². The largest absolute Gasteiger partial charge is 0.300 e. The summed E-state index contributed by atoms with van der Waals surface area (Å²) in [5.41, 5.74) is 2.98. The third-order valence-electron chi connectivity index (χ3n) is 2.99. The van der Waals surface area contributed by atoms with Crippen molar-refractivity contribution in [2.45, 2.75) is 38.3 Å². The van der Waals surface area contributed by atoms with E-state index in [1.165, 1.54) is 37.3 Å². The summed E-state index contributed by atoms with van der Waals surface area (Å²) in [6.45, 7) is 3.42. The van der Waals surface area contributed by atoms with E-state index in [0.29, 0.717) is 12.1 Å². The van der Waals surface area contributed by atoms with Gasteiger partial charge in [0.2, 0.25) is 0 Å². The molecule has 0 aromatic heterocycles. The Hall–Kier alpha value is 0.230. The van der Waals surface area contributed by atoms with Gasteiger partial charge in [-0.05, 0) is 13.5 Å². The molecule has 0 saturated carbocycles. The maximum atomic E-state index is 5.62. The third-order valence-corrected chi connectivity index (χ3v) is 4.04. The van der Waals surface area contributed by atoms with Gasteiger partial charge in [-0.1, -0.05) is 19.8 Å². The summed E-state index contributed by atoms with van der Waals surface area (Å²) < 4.78 is 0. The first-order valence-electron chi connectivity index (χ1n) is 5.53. The monoisotopic (exact) mass is 217 g/mol. The summed E-state index contributed by atoms with van der Waals surface area (Å²) in [5, 5.41) is 0.